The van der Waals surface area contributed by atoms with Gasteiger partial charge < -0.3 is 5.32 Å². The Bertz CT molecular complexity index is 601. The molecule has 0 saturated heterocycles. The van der Waals surface area contributed by atoms with Crippen molar-refractivity contribution in [3.8, 4) is 0 Å². The fraction of sp³-hybridized carbons (Fsp3) is 0.350. The maximum absolute atomic E-state index is 12.5. The van der Waals surface area contributed by atoms with Gasteiger partial charge in [-0.15, -0.1) is 0 Å². The number of carbonyl (C=O) groups excluding carboxylic acids is 1. The van der Waals surface area contributed by atoms with Crippen LogP contribution in [0.3, 0.4) is 0 Å². The molecule has 2 rings (SSSR count). The number of hydrogen-bond donors (Lipinski definition) is 1. The summed E-state index contributed by atoms with van der Waals surface area (Å²) in [4.78, 5) is 12.5. The number of benzene rings is 2. The summed E-state index contributed by atoms with van der Waals surface area (Å²) in [5, 5.41) is 3.38. The predicted molar refractivity (Wildman–Crippen MR) is 92.3 cm³/mol. The van der Waals surface area contributed by atoms with Gasteiger partial charge in [0.2, 0.25) is 0 Å². The smallest absolute Gasteiger partial charge is 0.179 e. The molecule has 0 heterocycles. The van der Waals surface area contributed by atoms with Gasteiger partial charge in [-0.1, -0.05) is 68.4 Å². The first-order chi connectivity index (χ1) is 10.5. The van der Waals surface area contributed by atoms with Gasteiger partial charge in [0, 0.05) is 11.6 Å². The molecule has 0 aliphatic heterocycles. The summed E-state index contributed by atoms with van der Waals surface area (Å²) in [6, 6.07) is 18.1. The second-order valence-corrected chi connectivity index (χ2v) is 6.16. The lowest BCUT2D eigenvalue weighted by atomic mass is 9.98. The summed E-state index contributed by atoms with van der Waals surface area (Å²) < 4.78 is 0. The molecule has 0 bridgehead atoms. The molecule has 22 heavy (non-hydrogen) atoms. The minimum absolute atomic E-state index is 0.137. The number of nitrogens with one attached hydrogen (secondary N) is 1. The molecule has 2 aromatic rings. The quantitative estimate of drug-likeness (QED) is 0.780. The van der Waals surface area contributed by atoms with Crippen molar-refractivity contribution in [2.75, 3.05) is 0 Å². The molecule has 116 valence electrons. The number of carbonyl (C=O) groups is 1. The second kappa shape index (κ2) is 7.37. The maximum Gasteiger partial charge on any atom is 0.179 e. The fourth-order valence-corrected chi connectivity index (χ4v) is 2.57. The van der Waals surface area contributed by atoms with E-state index in [-0.39, 0.29) is 17.9 Å². The van der Waals surface area contributed by atoms with Crippen LogP contribution in [0.15, 0.2) is 54.6 Å². The highest BCUT2D eigenvalue weighted by Gasteiger charge is 2.17. The van der Waals surface area contributed by atoms with Crippen LogP contribution in [0, 0.1) is 0 Å². The maximum atomic E-state index is 12.5. The minimum Gasteiger partial charge on any atom is -0.301 e. The summed E-state index contributed by atoms with van der Waals surface area (Å²) in [6.45, 7) is 8.32. The molecule has 0 fully saturated rings. The topological polar surface area (TPSA) is 29.1 Å². The number of rotatable bonds is 6. The molecule has 2 heteroatoms. The van der Waals surface area contributed by atoms with Gasteiger partial charge in [0.15, 0.2) is 5.78 Å². The Balaban J connectivity index is 2.02. The van der Waals surface area contributed by atoms with Crippen molar-refractivity contribution in [3.05, 3.63) is 71.3 Å². The van der Waals surface area contributed by atoms with Gasteiger partial charge in [-0.3, -0.25) is 4.79 Å². The lowest BCUT2D eigenvalue weighted by Crippen LogP contribution is -2.35. The number of hydrogen-bond acceptors (Lipinski definition) is 2. The molecule has 2 atom stereocenters. The van der Waals surface area contributed by atoms with E-state index in [2.05, 4.69) is 38.2 Å². The Morgan fingerprint density at radius 2 is 1.41 bits per heavy atom. The monoisotopic (exact) mass is 295 g/mol. The van der Waals surface area contributed by atoms with Gasteiger partial charge in [-0.25, -0.2) is 0 Å². The highest BCUT2D eigenvalue weighted by atomic mass is 16.1. The van der Waals surface area contributed by atoms with E-state index in [4.69, 9.17) is 0 Å². The summed E-state index contributed by atoms with van der Waals surface area (Å²) in [6.07, 6.45) is 0. The van der Waals surface area contributed by atoms with Crippen molar-refractivity contribution in [1.82, 2.24) is 5.32 Å². The van der Waals surface area contributed by atoms with Crippen LogP contribution in [0.4, 0.5) is 0 Å². The molecule has 2 aromatic carbocycles. The first kappa shape index (κ1) is 16.4. The number of ketones is 1. The first-order valence-corrected chi connectivity index (χ1v) is 7.94. The van der Waals surface area contributed by atoms with E-state index in [0.717, 1.165) is 5.56 Å². The lowest BCUT2D eigenvalue weighted by Gasteiger charge is -2.19. The fourth-order valence-electron chi connectivity index (χ4n) is 2.57. The molecule has 2 nitrogen and oxygen atoms in total. The van der Waals surface area contributed by atoms with Crippen LogP contribution in [0.5, 0.6) is 0 Å². The van der Waals surface area contributed by atoms with Crippen molar-refractivity contribution in [1.29, 1.82) is 0 Å². The first-order valence-electron chi connectivity index (χ1n) is 7.94. The standard InChI is InChI=1S/C20H25NO/c1-14(2)17-10-12-19(13-11-17)20(22)16(4)21-15(3)18-8-6-5-7-9-18/h5-16,21H,1-4H3. The van der Waals surface area contributed by atoms with E-state index < -0.39 is 0 Å². The summed E-state index contributed by atoms with van der Waals surface area (Å²) in [5.41, 5.74) is 3.22. The van der Waals surface area contributed by atoms with Crippen LogP contribution in [0.25, 0.3) is 0 Å². The molecule has 2 unspecified atom stereocenters. The van der Waals surface area contributed by atoms with Gasteiger partial charge in [-0.05, 0) is 30.9 Å². The van der Waals surface area contributed by atoms with Gasteiger partial charge in [0.05, 0.1) is 6.04 Å². The average Bonchev–Trinajstić information content (AvgIpc) is 2.55. The Labute approximate surface area is 133 Å². The van der Waals surface area contributed by atoms with E-state index in [0.29, 0.717) is 5.92 Å². The Kier molecular flexibility index (Phi) is 5.51. The zero-order valence-corrected chi connectivity index (χ0v) is 13.8. The van der Waals surface area contributed by atoms with Crippen molar-refractivity contribution < 1.29 is 4.79 Å². The van der Waals surface area contributed by atoms with Crippen molar-refractivity contribution in [2.45, 2.75) is 45.7 Å². The van der Waals surface area contributed by atoms with Crippen LogP contribution in [0.1, 0.15) is 61.1 Å². The second-order valence-electron chi connectivity index (χ2n) is 6.16. The van der Waals surface area contributed by atoms with E-state index in [9.17, 15) is 4.79 Å². The lowest BCUT2D eigenvalue weighted by molar-refractivity contribution is 0.0945. The third-order valence-electron chi connectivity index (χ3n) is 4.05. The van der Waals surface area contributed by atoms with E-state index >= 15 is 0 Å². The Morgan fingerprint density at radius 3 is 1.95 bits per heavy atom. The Morgan fingerprint density at radius 1 is 0.818 bits per heavy atom. The highest BCUT2D eigenvalue weighted by Crippen LogP contribution is 2.17. The normalized spacial score (nSPS) is 13.9. The molecular formula is C20H25NO. The summed E-state index contributed by atoms with van der Waals surface area (Å²) in [7, 11) is 0. The highest BCUT2D eigenvalue weighted by molar-refractivity contribution is 5.99. The molecular weight excluding hydrogens is 270 g/mol. The van der Waals surface area contributed by atoms with Crippen LogP contribution in [-0.2, 0) is 0 Å². The molecule has 1 N–H and O–H groups in total. The van der Waals surface area contributed by atoms with Crippen molar-refractivity contribution in [3.63, 3.8) is 0 Å². The largest absolute Gasteiger partial charge is 0.301 e. The van der Waals surface area contributed by atoms with Crippen LogP contribution in [-0.4, -0.2) is 11.8 Å². The van der Waals surface area contributed by atoms with Crippen molar-refractivity contribution in [2.24, 2.45) is 0 Å². The van der Waals surface area contributed by atoms with Gasteiger partial charge in [0.1, 0.15) is 0 Å². The molecule has 0 aliphatic rings. The van der Waals surface area contributed by atoms with Gasteiger partial charge in [0.25, 0.3) is 0 Å². The molecule has 0 radical (unpaired) electrons. The zero-order valence-electron chi connectivity index (χ0n) is 13.8. The summed E-state index contributed by atoms with van der Waals surface area (Å²) >= 11 is 0. The molecule has 0 aliphatic carbocycles. The van der Waals surface area contributed by atoms with Crippen LogP contribution < -0.4 is 5.32 Å². The van der Waals surface area contributed by atoms with Crippen molar-refractivity contribution >= 4 is 5.78 Å². The molecule has 0 spiro atoms. The van der Waals surface area contributed by atoms with E-state index in [1.807, 2.05) is 49.4 Å². The van der Waals surface area contributed by atoms with Crippen LogP contribution >= 0.6 is 0 Å². The average molecular weight is 295 g/mol. The summed E-state index contributed by atoms with van der Waals surface area (Å²) in [5.74, 6) is 0.621. The molecule has 0 amide bonds. The van der Waals surface area contributed by atoms with Crippen LogP contribution in [0.2, 0.25) is 0 Å². The predicted octanol–water partition coefficient (Wildman–Crippen LogP) is 4.73. The molecule has 0 aromatic heterocycles. The SMILES string of the molecule is CC(NC(C)c1ccccc1)C(=O)c1ccc(C(C)C)cc1. The van der Waals surface area contributed by atoms with E-state index in [1.165, 1.54) is 11.1 Å². The minimum atomic E-state index is -0.208. The van der Waals surface area contributed by atoms with E-state index in [1.54, 1.807) is 0 Å². The Hall–Kier alpha value is -1.93. The number of Topliss-reactive ketones (excluding diaryl/α,β-unsaturated/α-hetero) is 1. The third-order valence-corrected chi connectivity index (χ3v) is 4.05. The van der Waals surface area contributed by atoms with Gasteiger partial charge >= 0.3 is 0 Å². The van der Waals surface area contributed by atoms with Gasteiger partial charge in [-0.2, -0.15) is 0 Å². The zero-order chi connectivity index (χ0) is 16.1. The molecule has 0 saturated carbocycles. The third kappa shape index (κ3) is 4.05.